The highest BCUT2D eigenvalue weighted by Gasteiger charge is 2.23. The smallest absolute Gasteiger partial charge is 0.327 e. The van der Waals surface area contributed by atoms with Crippen molar-refractivity contribution in [3.05, 3.63) is 35.4 Å². The number of methoxy groups -OCH3 is 1. The van der Waals surface area contributed by atoms with Crippen molar-refractivity contribution < 1.29 is 14.3 Å². The quantitative estimate of drug-likeness (QED) is 0.825. The Morgan fingerprint density at radius 3 is 2.79 bits per heavy atom. The molecular formula is C15H21NO3. The van der Waals surface area contributed by atoms with Gasteiger partial charge in [0.25, 0.3) is 0 Å². The normalized spacial score (nSPS) is 20.2. The summed E-state index contributed by atoms with van der Waals surface area (Å²) in [6, 6.07) is 7.49. The monoisotopic (exact) mass is 263 g/mol. The molecule has 0 radical (unpaired) electrons. The summed E-state index contributed by atoms with van der Waals surface area (Å²) in [5, 5.41) is 3.25. The van der Waals surface area contributed by atoms with Crippen LogP contribution < -0.4 is 5.32 Å². The summed E-state index contributed by atoms with van der Waals surface area (Å²) in [5.41, 5.74) is 2.10. The first-order valence-electron chi connectivity index (χ1n) is 6.70. The fourth-order valence-corrected chi connectivity index (χ4v) is 2.27. The van der Waals surface area contributed by atoms with Crippen molar-refractivity contribution in [1.82, 2.24) is 5.32 Å². The number of carbonyl (C=O) groups excluding carboxylic acids is 1. The fourth-order valence-electron chi connectivity index (χ4n) is 2.27. The van der Waals surface area contributed by atoms with Gasteiger partial charge in [-0.05, 0) is 25.3 Å². The number of hydrogen-bond donors (Lipinski definition) is 1. The highest BCUT2D eigenvalue weighted by molar-refractivity contribution is 5.77. The van der Waals surface area contributed by atoms with Crippen LogP contribution in [0.2, 0.25) is 0 Å². The minimum atomic E-state index is -0.421. The van der Waals surface area contributed by atoms with E-state index in [2.05, 4.69) is 5.32 Å². The second-order valence-electron chi connectivity index (χ2n) is 4.91. The first-order chi connectivity index (χ1) is 9.20. The van der Waals surface area contributed by atoms with Gasteiger partial charge in [-0.25, -0.2) is 4.79 Å². The highest BCUT2D eigenvalue weighted by atomic mass is 16.5. The van der Waals surface area contributed by atoms with Gasteiger partial charge >= 0.3 is 5.97 Å². The van der Waals surface area contributed by atoms with Crippen LogP contribution in [0.15, 0.2) is 24.3 Å². The van der Waals surface area contributed by atoms with Crippen molar-refractivity contribution in [2.45, 2.75) is 31.9 Å². The van der Waals surface area contributed by atoms with Crippen LogP contribution in [0.3, 0.4) is 0 Å². The lowest BCUT2D eigenvalue weighted by Gasteiger charge is -2.19. The molecule has 1 heterocycles. The summed E-state index contributed by atoms with van der Waals surface area (Å²) in [7, 11) is 1.41. The van der Waals surface area contributed by atoms with Crippen molar-refractivity contribution in [2.75, 3.05) is 20.3 Å². The molecule has 0 bridgehead atoms. The minimum absolute atomic E-state index is 0.206. The molecule has 1 aromatic rings. The van der Waals surface area contributed by atoms with Crippen LogP contribution in [-0.2, 0) is 14.3 Å². The molecule has 0 aliphatic carbocycles. The maximum Gasteiger partial charge on any atom is 0.327 e. The average molecular weight is 263 g/mol. The molecule has 0 spiro atoms. The number of aryl methyl sites for hydroxylation is 1. The first-order valence-corrected chi connectivity index (χ1v) is 6.70. The van der Waals surface area contributed by atoms with E-state index in [0.29, 0.717) is 6.54 Å². The minimum Gasteiger partial charge on any atom is -0.468 e. The van der Waals surface area contributed by atoms with E-state index < -0.39 is 6.04 Å². The molecule has 1 aliphatic rings. The van der Waals surface area contributed by atoms with Crippen molar-refractivity contribution in [3.8, 4) is 0 Å². The molecule has 4 nitrogen and oxygen atoms in total. The van der Waals surface area contributed by atoms with E-state index >= 15 is 0 Å². The molecule has 2 unspecified atom stereocenters. The Kier molecular flexibility index (Phi) is 4.93. The Morgan fingerprint density at radius 1 is 1.47 bits per heavy atom. The molecule has 1 fully saturated rings. The summed E-state index contributed by atoms with van der Waals surface area (Å²) in [6.45, 7) is 3.52. The maximum absolute atomic E-state index is 11.9. The second-order valence-corrected chi connectivity index (χ2v) is 4.91. The standard InChI is InChI=1S/C15H21NO3/c1-11-5-7-12(8-6-11)14(15(17)18-2)16-10-13-4-3-9-19-13/h5-8,13-14,16H,3-4,9-10H2,1-2H3. The van der Waals surface area contributed by atoms with Gasteiger partial charge in [-0.3, -0.25) is 5.32 Å². The van der Waals surface area contributed by atoms with E-state index in [-0.39, 0.29) is 12.1 Å². The summed E-state index contributed by atoms with van der Waals surface area (Å²) < 4.78 is 10.4. The van der Waals surface area contributed by atoms with Gasteiger partial charge in [0.2, 0.25) is 0 Å². The Morgan fingerprint density at radius 2 is 2.21 bits per heavy atom. The molecule has 19 heavy (non-hydrogen) atoms. The SMILES string of the molecule is COC(=O)C(NCC1CCCO1)c1ccc(C)cc1. The number of benzene rings is 1. The Balaban J connectivity index is 2.02. The van der Waals surface area contributed by atoms with Crippen LogP contribution in [0, 0.1) is 6.92 Å². The Labute approximate surface area is 114 Å². The molecule has 1 aliphatic heterocycles. The van der Waals surface area contributed by atoms with Crippen molar-refractivity contribution in [3.63, 3.8) is 0 Å². The van der Waals surface area contributed by atoms with E-state index in [1.165, 1.54) is 12.7 Å². The number of rotatable bonds is 5. The molecule has 4 heteroatoms. The first kappa shape index (κ1) is 14.0. The Hall–Kier alpha value is -1.39. The molecule has 1 N–H and O–H groups in total. The van der Waals surface area contributed by atoms with Gasteiger partial charge < -0.3 is 9.47 Å². The fraction of sp³-hybridized carbons (Fsp3) is 0.533. The summed E-state index contributed by atoms with van der Waals surface area (Å²) in [4.78, 5) is 11.9. The van der Waals surface area contributed by atoms with Gasteiger partial charge in [-0.2, -0.15) is 0 Å². The van der Waals surface area contributed by atoms with Gasteiger partial charge in [0.05, 0.1) is 13.2 Å². The predicted octanol–water partition coefficient (Wildman–Crippen LogP) is 1.98. The van der Waals surface area contributed by atoms with Crippen LogP contribution in [-0.4, -0.2) is 32.3 Å². The summed E-state index contributed by atoms with van der Waals surface area (Å²) in [6.07, 6.45) is 2.35. The van der Waals surface area contributed by atoms with E-state index in [1.54, 1.807) is 0 Å². The average Bonchev–Trinajstić information content (AvgIpc) is 2.93. The van der Waals surface area contributed by atoms with Crippen molar-refractivity contribution in [1.29, 1.82) is 0 Å². The highest BCUT2D eigenvalue weighted by Crippen LogP contribution is 2.17. The van der Waals surface area contributed by atoms with Gasteiger partial charge in [-0.15, -0.1) is 0 Å². The van der Waals surface area contributed by atoms with E-state index in [4.69, 9.17) is 9.47 Å². The third kappa shape index (κ3) is 3.78. The lowest BCUT2D eigenvalue weighted by molar-refractivity contribution is -0.143. The zero-order chi connectivity index (χ0) is 13.7. The summed E-state index contributed by atoms with van der Waals surface area (Å²) >= 11 is 0. The zero-order valence-electron chi connectivity index (χ0n) is 11.5. The Bertz CT molecular complexity index is 410. The largest absolute Gasteiger partial charge is 0.468 e. The topological polar surface area (TPSA) is 47.6 Å². The molecule has 1 aromatic carbocycles. The number of carbonyl (C=O) groups is 1. The molecule has 2 atom stereocenters. The number of ether oxygens (including phenoxy) is 2. The number of hydrogen-bond acceptors (Lipinski definition) is 4. The number of nitrogens with one attached hydrogen (secondary N) is 1. The molecule has 2 rings (SSSR count). The lowest BCUT2D eigenvalue weighted by Crippen LogP contribution is -2.35. The maximum atomic E-state index is 11.9. The van der Waals surface area contributed by atoms with Crippen LogP contribution in [0.1, 0.15) is 30.0 Å². The predicted molar refractivity (Wildman–Crippen MR) is 72.9 cm³/mol. The van der Waals surface area contributed by atoms with Gasteiger partial charge in [0.1, 0.15) is 6.04 Å². The molecule has 104 valence electrons. The van der Waals surface area contributed by atoms with Crippen LogP contribution >= 0.6 is 0 Å². The van der Waals surface area contributed by atoms with Crippen LogP contribution in [0.4, 0.5) is 0 Å². The molecule has 0 aromatic heterocycles. The van der Waals surface area contributed by atoms with Gasteiger partial charge in [0, 0.05) is 13.2 Å². The third-order valence-electron chi connectivity index (χ3n) is 3.42. The van der Waals surface area contributed by atoms with E-state index in [1.807, 2.05) is 31.2 Å². The summed E-state index contributed by atoms with van der Waals surface area (Å²) in [5.74, 6) is -0.262. The van der Waals surface area contributed by atoms with E-state index in [9.17, 15) is 4.79 Å². The van der Waals surface area contributed by atoms with Crippen molar-refractivity contribution in [2.24, 2.45) is 0 Å². The number of esters is 1. The van der Waals surface area contributed by atoms with E-state index in [0.717, 1.165) is 25.0 Å². The lowest BCUT2D eigenvalue weighted by atomic mass is 10.0. The molecule has 1 saturated heterocycles. The van der Waals surface area contributed by atoms with Crippen LogP contribution in [0.25, 0.3) is 0 Å². The van der Waals surface area contributed by atoms with Crippen LogP contribution in [0.5, 0.6) is 0 Å². The molecular weight excluding hydrogens is 242 g/mol. The molecule has 0 amide bonds. The zero-order valence-corrected chi connectivity index (χ0v) is 11.5. The van der Waals surface area contributed by atoms with Crippen molar-refractivity contribution >= 4 is 5.97 Å². The second kappa shape index (κ2) is 6.68. The molecule has 0 saturated carbocycles. The van der Waals surface area contributed by atoms with Gasteiger partial charge in [-0.1, -0.05) is 29.8 Å². The third-order valence-corrected chi connectivity index (χ3v) is 3.42. The van der Waals surface area contributed by atoms with Gasteiger partial charge in [0.15, 0.2) is 0 Å².